The van der Waals surface area contributed by atoms with Crippen molar-refractivity contribution in [2.75, 3.05) is 19.8 Å². The van der Waals surface area contributed by atoms with Crippen molar-refractivity contribution in [3.05, 3.63) is 0 Å². The summed E-state index contributed by atoms with van der Waals surface area (Å²) in [5.41, 5.74) is 0. The van der Waals surface area contributed by atoms with Gasteiger partial charge in [0.25, 0.3) is 0 Å². The molecule has 3 aliphatic rings. The third-order valence-electron chi connectivity index (χ3n) is 5.77. The van der Waals surface area contributed by atoms with Crippen molar-refractivity contribution >= 4 is 0 Å². The van der Waals surface area contributed by atoms with Crippen LogP contribution >= 0.6 is 0 Å². The molecule has 2 heteroatoms. The van der Waals surface area contributed by atoms with Crippen LogP contribution < -0.4 is 5.32 Å². The Labute approximate surface area is 118 Å². The van der Waals surface area contributed by atoms with Crippen molar-refractivity contribution < 1.29 is 4.74 Å². The van der Waals surface area contributed by atoms with Gasteiger partial charge in [-0.1, -0.05) is 44.9 Å². The Balaban J connectivity index is 1.50. The first-order valence-corrected chi connectivity index (χ1v) is 8.74. The molecule has 1 aliphatic heterocycles. The monoisotopic (exact) mass is 265 g/mol. The minimum atomic E-state index is 0.786. The third-order valence-corrected chi connectivity index (χ3v) is 5.77. The summed E-state index contributed by atoms with van der Waals surface area (Å²) in [6.45, 7) is 3.19. The van der Waals surface area contributed by atoms with E-state index in [9.17, 15) is 0 Å². The van der Waals surface area contributed by atoms with Gasteiger partial charge < -0.3 is 10.1 Å². The molecular weight excluding hydrogens is 234 g/mol. The van der Waals surface area contributed by atoms with Crippen LogP contribution in [0.25, 0.3) is 0 Å². The number of nitrogens with one attached hydrogen (secondary N) is 1. The maximum atomic E-state index is 5.50. The van der Waals surface area contributed by atoms with Gasteiger partial charge in [-0.05, 0) is 37.0 Å². The van der Waals surface area contributed by atoms with Gasteiger partial charge in [-0.15, -0.1) is 0 Å². The largest absolute Gasteiger partial charge is 0.381 e. The zero-order valence-electron chi connectivity index (χ0n) is 12.4. The van der Waals surface area contributed by atoms with Gasteiger partial charge in [0.2, 0.25) is 0 Å². The van der Waals surface area contributed by atoms with E-state index in [1.165, 1.54) is 70.8 Å². The lowest BCUT2D eigenvalue weighted by atomic mass is 9.71. The topological polar surface area (TPSA) is 21.3 Å². The molecule has 0 amide bonds. The van der Waals surface area contributed by atoms with Crippen LogP contribution in [0.3, 0.4) is 0 Å². The molecular formula is C17H31NO. The lowest BCUT2D eigenvalue weighted by Crippen LogP contribution is -2.44. The Bertz CT molecular complexity index is 256. The normalized spacial score (nSPS) is 37.6. The molecule has 0 spiro atoms. The number of hydrogen-bond donors (Lipinski definition) is 1. The van der Waals surface area contributed by atoms with Crippen LogP contribution in [0.2, 0.25) is 0 Å². The van der Waals surface area contributed by atoms with Gasteiger partial charge in [0, 0.05) is 19.2 Å². The van der Waals surface area contributed by atoms with Crippen molar-refractivity contribution in [3.63, 3.8) is 0 Å². The van der Waals surface area contributed by atoms with Gasteiger partial charge in [0.05, 0.1) is 6.61 Å². The molecule has 19 heavy (non-hydrogen) atoms. The van der Waals surface area contributed by atoms with Crippen LogP contribution in [0, 0.1) is 17.8 Å². The van der Waals surface area contributed by atoms with Gasteiger partial charge in [0.1, 0.15) is 0 Å². The summed E-state index contributed by atoms with van der Waals surface area (Å²) in [5, 5.41) is 3.93. The zero-order chi connectivity index (χ0) is 12.9. The molecule has 0 aromatic rings. The van der Waals surface area contributed by atoms with Crippen molar-refractivity contribution in [3.8, 4) is 0 Å². The van der Waals surface area contributed by atoms with E-state index in [0.29, 0.717) is 0 Å². The van der Waals surface area contributed by atoms with E-state index in [2.05, 4.69) is 5.32 Å². The number of rotatable bonds is 4. The first-order chi connectivity index (χ1) is 9.43. The molecule has 0 radical (unpaired) electrons. The summed E-state index contributed by atoms with van der Waals surface area (Å²) in [5.74, 6) is 2.80. The van der Waals surface area contributed by atoms with E-state index >= 15 is 0 Å². The summed E-state index contributed by atoms with van der Waals surface area (Å²) in [7, 11) is 0. The van der Waals surface area contributed by atoms with E-state index in [-0.39, 0.29) is 0 Å². The average Bonchev–Trinajstić information content (AvgIpc) is 3.00. The molecule has 0 aromatic carbocycles. The van der Waals surface area contributed by atoms with Crippen molar-refractivity contribution in [2.24, 2.45) is 17.8 Å². The molecule has 2 saturated carbocycles. The first-order valence-electron chi connectivity index (χ1n) is 8.74. The van der Waals surface area contributed by atoms with Crippen LogP contribution in [0.4, 0.5) is 0 Å². The Kier molecular flexibility index (Phi) is 5.17. The smallest absolute Gasteiger partial charge is 0.0507 e. The second-order valence-electron chi connectivity index (χ2n) is 7.09. The van der Waals surface area contributed by atoms with Crippen molar-refractivity contribution in [1.82, 2.24) is 5.32 Å². The highest BCUT2D eigenvalue weighted by atomic mass is 16.5. The Morgan fingerprint density at radius 3 is 2.42 bits per heavy atom. The average molecular weight is 265 g/mol. The highest BCUT2D eigenvalue weighted by molar-refractivity contribution is 4.87. The highest BCUT2D eigenvalue weighted by Gasteiger charge is 2.32. The predicted molar refractivity (Wildman–Crippen MR) is 79.2 cm³/mol. The number of hydrogen-bond acceptors (Lipinski definition) is 2. The third kappa shape index (κ3) is 3.72. The summed E-state index contributed by atoms with van der Waals surface area (Å²) in [4.78, 5) is 0. The van der Waals surface area contributed by atoms with Gasteiger partial charge in [0.15, 0.2) is 0 Å². The van der Waals surface area contributed by atoms with Gasteiger partial charge in [-0.25, -0.2) is 0 Å². The minimum Gasteiger partial charge on any atom is -0.381 e. The fraction of sp³-hybridized carbons (Fsp3) is 1.00. The van der Waals surface area contributed by atoms with Gasteiger partial charge in [-0.3, -0.25) is 0 Å². The standard InChI is InChI=1S/C17H31NO/c1-2-6-15(7-3-1)16-8-4-5-9-17(16)18-12-14-10-11-19-13-14/h14-18H,1-13H2. The molecule has 3 unspecified atom stereocenters. The summed E-state index contributed by atoms with van der Waals surface area (Å²) in [6, 6.07) is 0.817. The molecule has 0 aromatic heterocycles. The lowest BCUT2D eigenvalue weighted by molar-refractivity contribution is 0.143. The molecule has 2 nitrogen and oxygen atoms in total. The van der Waals surface area contributed by atoms with Crippen LogP contribution in [-0.2, 0) is 4.74 Å². The quantitative estimate of drug-likeness (QED) is 0.836. The highest BCUT2D eigenvalue weighted by Crippen LogP contribution is 2.38. The van der Waals surface area contributed by atoms with Crippen molar-refractivity contribution in [2.45, 2.75) is 70.3 Å². The summed E-state index contributed by atoms with van der Waals surface area (Å²) >= 11 is 0. The molecule has 1 saturated heterocycles. The second kappa shape index (κ2) is 7.08. The second-order valence-corrected chi connectivity index (χ2v) is 7.09. The first kappa shape index (κ1) is 13.9. The SMILES string of the molecule is C1CCC(C2CCCCC2NCC2CCOC2)CC1. The van der Waals surface area contributed by atoms with Crippen LogP contribution in [0.5, 0.6) is 0 Å². The van der Waals surface area contributed by atoms with E-state index in [0.717, 1.165) is 37.0 Å². The number of ether oxygens (including phenoxy) is 1. The Hall–Kier alpha value is -0.0800. The summed E-state index contributed by atoms with van der Waals surface area (Å²) in [6.07, 6.45) is 14.6. The molecule has 3 fully saturated rings. The fourth-order valence-corrected chi connectivity index (χ4v) is 4.60. The molecule has 0 bridgehead atoms. The maximum absolute atomic E-state index is 5.50. The van der Waals surface area contributed by atoms with Crippen LogP contribution in [-0.4, -0.2) is 25.8 Å². The van der Waals surface area contributed by atoms with E-state index in [4.69, 9.17) is 4.74 Å². The zero-order valence-corrected chi connectivity index (χ0v) is 12.4. The van der Waals surface area contributed by atoms with Gasteiger partial charge in [-0.2, -0.15) is 0 Å². The predicted octanol–water partition coefficient (Wildman–Crippen LogP) is 3.75. The minimum absolute atomic E-state index is 0.786. The van der Waals surface area contributed by atoms with Crippen LogP contribution in [0.1, 0.15) is 64.2 Å². The van der Waals surface area contributed by atoms with Crippen molar-refractivity contribution in [1.29, 1.82) is 0 Å². The summed E-state index contributed by atoms with van der Waals surface area (Å²) < 4.78 is 5.50. The molecule has 3 atom stereocenters. The van der Waals surface area contributed by atoms with Crippen LogP contribution in [0.15, 0.2) is 0 Å². The lowest BCUT2D eigenvalue weighted by Gasteiger charge is -2.40. The Morgan fingerprint density at radius 2 is 1.63 bits per heavy atom. The molecule has 3 rings (SSSR count). The fourth-order valence-electron chi connectivity index (χ4n) is 4.60. The van der Waals surface area contributed by atoms with E-state index in [1.807, 2.05) is 0 Å². The molecule has 2 aliphatic carbocycles. The van der Waals surface area contributed by atoms with E-state index < -0.39 is 0 Å². The molecule has 110 valence electrons. The molecule has 1 N–H and O–H groups in total. The van der Waals surface area contributed by atoms with E-state index in [1.54, 1.807) is 0 Å². The van der Waals surface area contributed by atoms with Gasteiger partial charge >= 0.3 is 0 Å². The maximum Gasteiger partial charge on any atom is 0.0507 e. The Morgan fingerprint density at radius 1 is 0.842 bits per heavy atom. The molecule has 1 heterocycles.